The molecule has 4 heteroatoms. The van der Waals surface area contributed by atoms with Gasteiger partial charge in [-0.3, -0.25) is 4.90 Å². The van der Waals surface area contributed by atoms with Gasteiger partial charge in [0.2, 0.25) is 0 Å². The summed E-state index contributed by atoms with van der Waals surface area (Å²) in [5.41, 5.74) is 1.19. The van der Waals surface area contributed by atoms with Crippen molar-refractivity contribution >= 4 is 11.6 Å². The Bertz CT molecular complexity index is 615. The van der Waals surface area contributed by atoms with Gasteiger partial charge in [-0.15, -0.1) is 0 Å². The Kier molecular flexibility index (Phi) is 4.98. The average Bonchev–Trinajstić information content (AvgIpc) is 2.50. The van der Waals surface area contributed by atoms with E-state index in [1.807, 2.05) is 36.4 Å². The molecule has 0 radical (unpaired) electrons. The summed E-state index contributed by atoms with van der Waals surface area (Å²) in [5, 5.41) is 10.5. The van der Waals surface area contributed by atoms with Gasteiger partial charge in [0.05, 0.1) is 6.10 Å². The number of benzene rings is 2. The van der Waals surface area contributed by atoms with Crippen LogP contribution in [0.4, 0.5) is 0 Å². The minimum atomic E-state index is -0.192. The molecule has 0 spiro atoms. The van der Waals surface area contributed by atoms with Crippen LogP contribution in [-0.4, -0.2) is 29.2 Å². The number of rotatable bonds is 4. The summed E-state index contributed by atoms with van der Waals surface area (Å²) >= 11 is 5.88. The SMILES string of the molecule is O[C@H]1CCCN(Cc2cccc(Oc3ccc(Cl)cc3)c2)C1. The molecule has 2 aromatic carbocycles. The molecule has 1 saturated heterocycles. The second kappa shape index (κ2) is 7.14. The maximum Gasteiger partial charge on any atom is 0.127 e. The first kappa shape index (κ1) is 15.3. The van der Waals surface area contributed by atoms with Gasteiger partial charge < -0.3 is 9.84 Å². The van der Waals surface area contributed by atoms with E-state index in [4.69, 9.17) is 16.3 Å². The maximum absolute atomic E-state index is 9.75. The quantitative estimate of drug-likeness (QED) is 0.922. The van der Waals surface area contributed by atoms with Crippen molar-refractivity contribution in [3.63, 3.8) is 0 Å². The Morgan fingerprint density at radius 3 is 2.73 bits per heavy atom. The molecule has 0 unspecified atom stereocenters. The molecule has 0 amide bonds. The van der Waals surface area contributed by atoms with E-state index in [1.54, 1.807) is 0 Å². The maximum atomic E-state index is 9.75. The summed E-state index contributed by atoms with van der Waals surface area (Å²) in [4.78, 5) is 2.29. The van der Waals surface area contributed by atoms with Crippen molar-refractivity contribution in [3.8, 4) is 11.5 Å². The van der Waals surface area contributed by atoms with Crippen LogP contribution in [0.2, 0.25) is 5.02 Å². The largest absolute Gasteiger partial charge is 0.457 e. The van der Waals surface area contributed by atoms with Gasteiger partial charge in [0.15, 0.2) is 0 Å². The molecule has 3 rings (SSSR count). The van der Waals surface area contributed by atoms with Crippen molar-refractivity contribution in [2.24, 2.45) is 0 Å². The number of ether oxygens (including phenoxy) is 1. The highest BCUT2D eigenvalue weighted by molar-refractivity contribution is 6.30. The zero-order valence-electron chi connectivity index (χ0n) is 12.4. The normalized spacial score (nSPS) is 19.1. The zero-order chi connectivity index (χ0) is 15.4. The second-order valence-corrected chi connectivity index (χ2v) is 6.17. The van der Waals surface area contributed by atoms with E-state index in [2.05, 4.69) is 17.0 Å². The first-order chi connectivity index (χ1) is 10.7. The summed E-state index contributed by atoms with van der Waals surface area (Å²) in [6, 6.07) is 15.4. The fraction of sp³-hybridized carbons (Fsp3) is 0.333. The molecule has 0 aliphatic carbocycles. The second-order valence-electron chi connectivity index (χ2n) is 5.73. The Morgan fingerprint density at radius 2 is 1.95 bits per heavy atom. The summed E-state index contributed by atoms with van der Waals surface area (Å²) in [7, 11) is 0. The summed E-state index contributed by atoms with van der Waals surface area (Å²) in [5.74, 6) is 1.59. The Balaban J connectivity index is 1.65. The number of likely N-dealkylation sites (tertiary alicyclic amines) is 1. The molecule has 1 aliphatic heterocycles. The van der Waals surface area contributed by atoms with Crippen LogP contribution in [-0.2, 0) is 6.54 Å². The van der Waals surface area contributed by atoms with Crippen LogP contribution in [0.1, 0.15) is 18.4 Å². The lowest BCUT2D eigenvalue weighted by Gasteiger charge is -2.30. The molecular weight excluding hydrogens is 298 g/mol. The summed E-state index contributed by atoms with van der Waals surface area (Å²) < 4.78 is 5.86. The van der Waals surface area contributed by atoms with Crippen LogP contribution < -0.4 is 4.74 Å². The van der Waals surface area contributed by atoms with Crippen LogP contribution >= 0.6 is 11.6 Å². The Hall–Kier alpha value is -1.55. The van der Waals surface area contributed by atoms with Gasteiger partial charge in [-0.05, 0) is 61.3 Å². The van der Waals surface area contributed by atoms with Crippen molar-refractivity contribution in [2.75, 3.05) is 13.1 Å². The number of β-amino-alcohol motifs (C(OH)–C–C–N with tert-alkyl or cyclic N) is 1. The monoisotopic (exact) mass is 317 g/mol. The molecule has 116 valence electrons. The summed E-state index contributed by atoms with van der Waals surface area (Å²) in [6.45, 7) is 2.64. The predicted octanol–water partition coefficient (Wildman–Crippen LogP) is 4.09. The third-order valence-electron chi connectivity index (χ3n) is 3.83. The van der Waals surface area contributed by atoms with Gasteiger partial charge in [0, 0.05) is 18.1 Å². The van der Waals surface area contributed by atoms with E-state index in [-0.39, 0.29) is 6.10 Å². The minimum absolute atomic E-state index is 0.192. The molecule has 1 aliphatic rings. The number of hydrogen-bond acceptors (Lipinski definition) is 3. The van der Waals surface area contributed by atoms with Gasteiger partial charge in [0.25, 0.3) is 0 Å². The highest BCUT2D eigenvalue weighted by Crippen LogP contribution is 2.24. The first-order valence-corrected chi connectivity index (χ1v) is 7.99. The molecule has 0 bridgehead atoms. The number of hydrogen-bond donors (Lipinski definition) is 1. The molecule has 0 saturated carbocycles. The zero-order valence-corrected chi connectivity index (χ0v) is 13.2. The van der Waals surface area contributed by atoms with Crippen LogP contribution in [0.25, 0.3) is 0 Å². The van der Waals surface area contributed by atoms with Gasteiger partial charge in [-0.2, -0.15) is 0 Å². The van der Waals surface area contributed by atoms with Gasteiger partial charge in [-0.25, -0.2) is 0 Å². The standard InChI is InChI=1S/C18H20ClNO2/c19-15-6-8-17(9-7-15)22-18-5-1-3-14(11-18)12-20-10-2-4-16(21)13-20/h1,3,5-9,11,16,21H,2,4,10,12-13H2/t16-/m0/s1. The van der Waals surface area contributed by atoms with Crippen LogP contribution in [0, 0.1) is 0 Å². The molecule has 3 nitrogen and oxygen atoms in total. The van der Waals surface area contributed by atoms with Gasteiger partial charge in [-0.1, -0.05) is 23.7 Å². The molecule has 0 aromatic heterocycles. The van der Waals surface area contributed by atoms with E-state index in [0.29, 0.717) is 5.02 Å². The lowest BCUT2D eigenvalue weighted by atomic mass is 10.1. The fourth-order valence-electron chi connectivity index (χ4n) is 2.78. The highest BCUT2D eigenvalue weighted by Gasteiger charge is 2.17. The van der Waals surface area contributed by atoms with Crippen molar-refractivity contribution < 1.29 is 9.84 Å². The number of nitrogens with zero attached hydrogens (tertiary/aromatic N) is 1. The minimum Gasteiger partial charge on any atom is -0.457 e. The van der Waals surface area contributed by atoms with E-state index < -0.39 is 0 Å². The van der Waals surface area contributed by atoms with Crippen molar-refractivity contribution in [3.05, 3.63) is 59.1 Å². The molecular formula is C18H20ClNO2. The van der Waals surface area contributed by atoms with Crippen molar-refractivity contribution in [2.45, 2.75) is 25.5 Å². The molecule has 2 aromatic rings. The predicted molar refractivity (Wildman–Crippen MR) is 88.5 cm³/mol. The number of halogens is 1. The highest BCUT2D eigenvalue weighted by atomic mass is 35.5. The van der Waals surface area contributed by atoms with Crippen LogP contribution in [0.15, 0.2) is 48.5 Å². The molecule has 1 heterocycles. The average molecular weight is 318 g/mol. The van der Waals surface area contributed by atoms with E-state index in [9.17, 15) is 5.11 Å². The smallest absolute Gasteiger partial charge is 0.127 e. The Labute approximate surface area is 136 Å². The molecule has 1 atom stereocenters. The summed E-state index contributed by atoms with van der Waals surface area (Å²) in [6.07, 6.45) is 1.78. The van der Waals surface area contributed by atoms with Crippen molar-refractivity contribution in [1.82, 2.24) is 4.90 Å². The number of aliphatic hydroxyl groups excluding tert-OH is 1. The van der Waals surface area contributed by atoms with Crippen LogP contribution in [0.5, 0.6) is 11.5 Å². The van der Waals surface area contributed by atoms with Crippen molar-refractivity contribution in [1.29, 1.82) is 0 Å². The molecule has 1 N–H and O–H groups in total. The first-order valence-electron chi connectivity index (χ1n) is 7.62. The van der Waals surface area contributed by atoms with E-state index in [0.717, 1.165) is 44.0 Å². The third kappa shape index (κ3) is 4.23. The van der Waals surface area contributed by atoms with Gasteiger partial charge >= 0.3 is 0 Å². The molecule has 1 fully saturated rings. The fourth-order valence-corrected chi connectivity index (χ4v) is 2.90. The number of aliphatic hydroxyl groups is 1. The van der Waals surface area contributed by atoms with Gasteiger partial charge in [0.1, 0.15) is 11.5 Å². The van der Waals surface area contributed by atoms with E-state index >= 15 is 0 Å². The van der Waals surface area contributed by atoms with Crippen LogP contribution in [0.3, 0.4) is 0 Å². The lowest BCUT2D eigenvalue weighted by Crippen LogP contribution is -2.37. The Morgan fingerprint density at radius 1 is 1.14 bits per heavy atom. The lowest BCUT2D eigenvalue weighted by molar-refractivity contribution is 0.0668. The van der Waals surface area contributed by atoms with E-state index in [1.165, 1.54) is 5.56 Å². The topological polar surface area (TPSA) is 32.7 Å². The number of piperidine rings is 1. The molecule has 22 heavy (non-hydrogen) atoms. The third-order valence-corrected chi connectivity index (χ3v) is 4.09.